The first-order chi connectivity index (χ1) is 8.85. The molecule has 2 rings (SSSR count). The van der Waals surface area contributed by atoms with Crippen molar-refractivity contribution < 1.29 is 8.81 Å². The first-order valence-corrected chi connectivity index (χ1v) is 6.31. The molecule has 0 atom stereocenters. The van der Waals surface area contributed by atoms with E-state index in [1.54, 1.807) is 12.3 Å². The third kappa shape index (κ3) is 3.64. The number of aryl methyl sites for hydroxylation is 1. The van der Waals surface area contributed by atoms with E-state index in [1.165, 1.54) is 6.07 Å². The standard InChI is InChI=1S/C15H19FN2O/c1-10-5-6-12(13(16)7-10)14-18-11(9-19-14)8-17-15(2,3)4/h5-7,9,17H,8H2,1-4H3. The van der Waals surface area contributed by atoms with Crippen molar-refractivity contribution in [3.63, 3.8) is 0 Å². The zero-order valence-electron chi connectivity index (χ0n) is 11.7. The fraction of sp³-hybridized carbons (Fsp3) is 0.400. The Balaban J connectivity index is 2.16. The van der Waals surface area contributed by atoms with Crippen LogP contribution in [-0.4, -0.2) is 10.5 Å². The van der Waals surface area contributed by atoms with Crippen molar-refractivity contribution in [2.45, 2.75) is 39.8 Å². The highest BCUT2D eigenvalue weighted by Crippen LogP contribution is 2.23. The number of nitrogens with one attached hydrogen (secondary N) is 1. The molecule has 2 aromatic rings. The molecule has 0 aliphatic carbocycles. The lowest BCUT2D eigenvalue weighted by molar-refractivity contribution is 0.421. The topological polar surface area (TPSA) is 38.1 Å². The molecule has 0 spiro atoms. The van der Waals surface area contributed by atoms with Gasteiger partial charge >= 0.3 is 0 Å². The van der Waals surface area contributed by atoms with Gasteiger partial charge in [0.2, 0.25) is 5.89 Å². The highest BCUT2D eigenvalue weighted by Gasteiger charge is 2.13. The third-order valence-corrected chi connectivity index (χ3v) is 2.71. The van der Waals surface area contributed by atoms with Gasteiger partial charge in [0.05, 0.1) is 11.3 Å². The van der Waals surface area contributed by atoms with Gasteiger partial charge in [0.15, 0.2) is 0 Å². The van der Waals surface area contributed by atoms with Crippen molar-refractivity contribution in [1.29, 1.82) is 0 Å². The smallest absolute Gasteiger partial charge is 0.229 e. The van der Waals surface area contributed by atoms with E-state index in [1.807, 2.05) is 13.0 Å². The summed E-state index contributed by atoms with van der Waals surface area (Å²) in [6.07, 6.45) is 1.56. The molecule has 0 unspecified atom stereocenters. The minimum atomic E-state index is -0.308. The number of hydrogen-bond donors (Lipinski definition) is 1. The molecular formula is C15H19FN2O. The van der Waals surface area contributed by atoms with E-state index in [0.717, 1.165) is 11.3 Å². The SMILES string of the molecule is Cc1ccc(-c2nc(CNC(C)(C)C)co2)c(F)c1. The maximum Gasteiger partial charge on any atom is 0.229 e. The Morgan fingerprint density at radius 1 is 1.32 bits per heavy atom. The highest BCUT2D eigenvalue weighted by molar-refractivity contribution is 5.54. The normalized spacial score (nSPS) is 11.8. The van der Waals surface area contributed by atoms with Gasteiger partial charge in [-0.3, -0.25) is 0 Å². The third-order valence-electron chi connectivity index (χ3n) is 2.71. The van der Waals surface area contributed by atoms with E-state index < -0.39 is 0 Å². The number of halogens is 1. The molecule has 0 aliphatic heterocycles. The molecule has 1 heterocycles. The van der Waals surface area contributed by atoms with Crippen molar-refractivity contribution in [3.05, 3.63) is 41.5 Å². The Bertz CT molecular complexity index is 570. The second kappa shape index (κ2) is 5.13. The Morgan fingerprint density at radius 3 is 2.68 bits per heavy atom. The van der Waals surface area contributed by atoms with Gasteiger partial charge in [-0.2, -0.15) is 0 Å². The van der Waals surface area contributed by atoms with E-state index >= 15 is 0 Å². The van der Waals surface area contributed by atoms with E-state index in [9.17, 15) is 4.39 Å². The quantitative estimate of drug-likeness (QED) is 0.917. The molecule has 0 saturated carbocycles. The summed E-state index contributed by atoms with van der Waals surface area (Å²) in [4.78, 5) is 4.30. The van der Waals surface area contributed by atoms with Gasteiger partial charge in [-0.25, -0.2) is 9.37 Å². The van der Waals surface area contributed by atoms with Crippen molar-refractivity contribution in [1.82, 2.24) is 10.3 Å². The van der Waals surface area contributed by atoms with E-state index in [4.69, 9.17) is 4.42 Å². The average molecular weight is 262 g/mol. The van der Waals surface area contributed by atoms with Crippen LogP contribution in [0.5, 0.6) is 0 Å². The zero-order chi connectivity index (χ0) is 14.0. The molecule has 0 aliphatic rings. The fourth-order valence-corrected chi connectivity index (χ4v) is 1.66. The molecule has 1 N–H and O–H groups in total. The predicted molar refractivity (Wildman–Crippen MR) is 73.2 cm³/mol. The second-order valence-electron chi connectivity index (χ2n) is 5.73. The number of rotatable bonds is 3. The molecule has 1 aromatic heterocycles. The average Bonchev–Trinajstić information content (AvgIpc) is 2.74. The summed E-state index contributed by atoms with van der Waals surface area (Å²) in [5, 5.41) is 3.31. The Kier molecular flexibility index (Phi) is 3.71. The van der Waals surface area contributed by atoms with Crippen LogP contribution in [0.15, 0.2) is 28.9 Å². The van der Waals surface area contributed by atoms with Crippen LogP contribution < -0.4 is 5.32 Å². The van der Waals surface area contributed by atoms with Crippen molar-refractivity contribution in [2.24, 2.45) is 0 Å². The predicted octanol–water partition coefficient (Wildman–Crippen LogP) is 3.68. The van der Waals surface area contributed by atoms with Gasteiger partial charge in [0, 0.05) is 12.1 Å². The number of benzene rings is 1. The van der Waals surface area contributed by atoms with Crippen LogP contribution in [0.3, 0.4) is 0 Å². The van der Waals surface area contributed by atoms with E-state index in [2.05, 4.69) is 31.1 Å². The Labute approximate surface area is 112 Å². The van der Waals surface area contributed by atoms with Gasteiger partial charge in [-0.15, -0.1) is 0 Å². The van der Waals surface area contributed by atoms with Crippen molar-refractivity contribution in [3.8, 4) is 11.5 Å². The molecule has 4 heteroatoms. The van der Waals surface area contributed by atoms with Gasteiger partial charge in [0.25, 0.3) is 0 Å². The first-order valence-electron chi connectivity index (χ1n) is 6.31. The Hall–Kier alpha value is -1.68. The number of nitrogens with zero attached hydrogens (tertiary/aromatic N) is 1. The molecule has 0 saturated heterocycles. The minimum absolute atomic E-state index is 0.00816. The molecular weight excluding hydrogens is 243 g/mol. The number of hydrogen-bond acceptors (Lipinski definition) is 3. The summed E-state index contributed by atoms with van der Waals surface area (Å²) in [5.74, 6) is 0.0142. The first kappa shape index (κ1) is 13.7. The molecule has 102 valence electrons. The summed E-state index contributed by atoms with van der Waals surface area (Å²) < 4.78 is 19.2. The summed E-state index contributed by atoms with van der Waals surface area (Å²) in [7, 11) is 0. The van der Waals surface area contributed by atoms with Crippen LogP contribution >= 0.6 is 0 Å². The largest absolute Gasteiger partial charge is 0.444 e. The van der Waals surface area contributed by atoms with Gasteiger partial charge in [-0.05, 0) is 45.4 Å². The van der Waals surface area contributed by atoms with E-state index in [-0.39, 0.29) is 11.4 Å². The van der Waals surface area contributed by atoms with Gasteiger partial charge in [-0.1, -0.05) is 6.07 Å². The van der Waals surface area contributed by atoms with Crippen LogP contribution in [0.1, 0.15) is 32.0 Å². The summed E-state index contributed by atoms with van der Waals surface area (Å²) in [6, 6.07) is 5.01. The molecule has 0 fully saturated rings. The second-order valence-corrected chi connectivity index (χ2v) is 5.73. The molecule has 0 amide bonds. The van der Waals surface area contributed by atoms with Crippen LogP contribution in [0.25, 0.3) is 11.5 Å². The number of oxazole rings is 1. The van der Waals surface area contributed by atoms with Crippen LogP contribution in [0.4, 0.5) is 4.39 Å². The lowest BCUT2D eigenvalue weighted by Crippen LogP contribution is -2.35. The monoisotopic (exact) mass is 262 g/mol. The van der Waals surface area contributed by atoms with Crippen LogP contribution in [0, 0.1) is 12.7 Å². The Morgan fingerprint density at radius 2 is 2.05 bits per heavy atom. The maximum atomic E-state index is 13.8. The van der Waals surface area contributed by atoms with Crippen molar-refractivity contribution in [2.75, 3.05) is 0 Å². The van der Waals surface area contributed by atoms with E-state index in [0.29, 0.717) is 18.0 Å². The molecule has 1 aromatic carbocycles. The molecule has 0 radical (unpaired) electrons. The molecule has 3 nitrogen and oxygen atoms in total. The summed E-state index contributed by atoms with van der Waals surface area (Å²) in [6.45, 7) is 8.68. The molecule has 0 bridgehead atoms. The summed E-state index contributed by atoms with van der Waals surface area (Å²) >= 11 is 0. The lowest BCUT2D eigenvalue weighted by Gasteiger charge is -2.19. The number of aromatic nitrogens is 1. The summed E-state index contributed by atoms with van der Waals surface area (Å²) in [5.41, 5.74) is 2.05. The minimum Gasteiger partial charge on any atom is -0.444 e. The fourth-order valence-electron chi connectivity index (χ4n) is 1.66. The zero-order valence-corrected chi connectivity index (χ0v) is 11.7. The van der Waals surface area contributed by atoms with Crippen LogP contribution in [0.2, 0.25) is 0 Å². The van der Waals surface area contributed by atoms with Gasteiger partial charge in [0.1, 0.15) is 12.1 Å². The van der Waals surface area contributed by atoms with Crippen LogP contribution in [-0.2, 0) is 6.54 Å². The lowest BCUT2D eigenvalue weighted by atomic mass is 10.1. The molecule has 19 heavy (non-hydrogen) atoms. The van der Waals surface area contributed by atoms with Crippen molar-refractivity contribution >= 4 is 0 Å². The maximum absolute atomic E-state index is 13.8. The highest BCUT2D eigenvalue weighted by atomic mass is 19.1. The van der Waals surface area contributed by atoms with Gasteiger partial charge < -0.3 is 9.73 Å².